The third kappa shape index (κ3) is 4.04. The molecule has 0 aromatic heterocycles. The topological polar surface area (TPSA) is 72.6 Å². The molecule has 3 N–H and O–H groups in total. The predicted octanol–water partition coefficient (Wildman–Crippen LogP) is 1.85. The summed E-state index contributed by atoms with van der Waals surface area (Å²) in [5.41, 5.74) is 6.74. The van der Waals surface area contributed by atoms with E-state index in [1.807, 2.05) is 12.1 Å². The molecule has 0 bridgehead atoms. The fraction of sp³-hybridized carbons (Fsp3) is 0.533. The number of hydrogen-bond acceptors (Lipinski definition) is 3. The van der Waals surface area contributed by atoms with Crippen LogP contribution >= 0.6 is 0 Å². The number of ether oxygens (including phenoxy) is 1. The fourth-order valence-corrected chi connectivity index (χ4v) is 2.51. The van der Waals surface area contributed by atoms with Crippen LogP contribution in [0.4, 0.5) is 0 Å². The summed E-state index contributed by atoms with van der Waals surface area (Å²) in [4.78, 5) is 11.1. The molecule has 0 radical (unpaired) electrons. The zero-order valence-corrected chi connectivity index (χ0v) is 11.0. The first-order valence-electron chi connectivity index (χ1n) is 6.80. The summed E-state index contributed by atoms with van der Waals surface area (Å²) < 4.78 is 5.86. The van der Waals surface area contributed by atoms with Crippen molar-refractivity contribution in [3.8, 4) is 0 Å². The maximum atomic E-state index is 11.1. The van der Waals surface area contributed by atoms with Gasteiger partial charge in [-0.3, -0.25) is 4.79 Å². The largest absolute Gasteiger partial charge is 0.396 e. The van der Waals surface area contributed by atoms with Crippen molar-refractivity contribution in [3.63, 3.8) is 0 Å². The standard InChI is InChI=1S/C15H21NO3/c16-15(18)13-3-1-2-12(8-13)10-19-14-6-4-11(9-17)5-7-14/h1-3,8,11,14,17H,4-7,9-10H2,(H2,16,18). The molecule has 1 saturated carbocycles. The van der Waals surface area contributed by atoms with Gasteiger partial charge in [0, 0.05) is 12.2 Å². The van der Waals surface area contributed by atoms with E-state index < -0.39 is 5.91 Å². The van der Waals surface area contributed by atoms with Crippen molar-refractivity contribution in [2.24, 2.45) is 11.7 Å². The Morgan fingerprint density at radius 2 is 2.05 bits per heavy atom. The van der Waals surface area contributed by atoms with Gasteiger partial charge < -0.3 is 15.6 Å². The number of nitrogens with two attached hydrogens (primary N) is 1. The van der Waals surface area contributed by atoms with Crippen molar-refractivity contribution < 1.29 is 14.6 Å². The van der Waals surface area contributed by atoms with Gasteiger partial charge >= 0.3 is 0 Å². The first-order chi connectivity index (χ1) is 9.19. The van der Waals surface area contributed by atoms with Crippen LogP contribution in [-0.2, 0) is 11.3 Å². The second kappa shape index (κ2) is 6.68. The summed E-state index contributed by atoms with van der Waals surface area (Å²) in [6, 6.07) is 7.24. The molecule has 4 nitrogen and oxygen atoms in total. The van der Waals surface area contributed by atoms with Crippen LogP contribution in [-0.4, -0.2) is 23.7 Å². The van der Waals surface area contributed by atoms with E-state index in [9.17, 15) is 4.79 Å². The summed E-state index contributed by atoms with van der Waals surface area (Å²) in [7, 11) is 0. The Morgan fingerprint density at radius 1 is 1.32 bits per heavy atom. The number of hydrogen-bond donors (Lipinski definition) is 2. The Hall–Kier alpha value is -1.39. The van der Waals surface area contributed by atoms with E-state index in [1.165, 1.54) is 0 Å². The van der Waals surface area contributed by atoms with Gasteiger partial charge in [0.1, 0.15) is 0 Å². The number of aliphatic hydroxyl groups is 1. The molecule has 4 heteroatoms. The van der Waals surface area contributed by atoms with Gasteiger partial charge in [-0.25, -0.2) is 0 Å². The number of amides is 1. The van der Waals surface area contributed by atoms with Crippen LogP contribution in [0.1, 0.15) is 41.6 Å². The van der Waals surface area contributed by atoms with Gasteiger partial charge in [-0.15, -0.1) is 0 Å². The molecule has 1 aliphatic rings. The fourth-order valence-electron chi connectivity index (χ4n) is 2.51. The van der Waals surface area contributed by atoms with E-state index >= 15 is 0 Å². The summed E-state index contributed by atoms with van der Waals surface area (Å²) in [6.45, 7) is 0.795. The molecule has 1 aliphatic carbocycles. The van der Waals surface area contributed by atoms with Crippen LogP contribution in [0.15, 0.2) is 24.3 Å². The third-order valence-corrected chi connectivity index (χ3v) is 3.75. The van der Waals surface area contributed by atoms with Gasteiger partial charge in [-0.05, 0) is 49.3 Å². The van der Waals surface area contributed by atoms with Gasteiger partial charge in [0.25, 0.3) is 0 Å². The first-order valence-corrected chi connectivity index (χ1v) is 6.80. The van der Waals surface area contributed by atoms with Crippen molar-refractivity contribution >= 4 is 5.91 Å². The summed E-state index contributed by atoms with van der Waals surface area (Å²) in [5.74, 6) is 0.0309. The molecule has 0 unspecified atom stereocenters. The average molecular weight is 263 g/mol. The summed E-state index contributed by atoms with van der Waals surface area (Å²) >= 11 is 0. The molecule has 0 saturated heterocycles. The number of primary amides is 1. The van der Waals surface area contributed by atoms with Crippen LogP contribution in [0.25, 0.3) is 0 Å². The highest BCUT2D eigenvalue weighted by atomic mass is 16.5. The molecule has 0 spiro atoms. The Morgan fingerprint density at radius 3 is 2.68 bits per heavy atom. The van der Waals surface area contributed by atoms with Crippen LogP contribution in [0.2, 0.25) is 0 Å². The monoisotopic (exact) mass is 263 g/mol. The zero-order valence-electron chi connectivity index (χ0n) is 11.0. The lowest BCUT2D eigenvalue weighted by Gasteiger charge is -2.27. The minimum absolute atomic E-state index is 0.264. The highest BCUT2D eigenvalue weighted by Crippen LogP contribution is 2.26. The minimum atomic E-state index is -0.412. The molecular formula is C15H21NO3. The second-order valence-electron chi connectivity index (χ2n) is 5.20. The minimum Gasteiger partial charge on any atom is -0.396 e. The van der Waals surface area contributed by atoms with E-state index in [2.05, 4.69) is 0 Å². The van der Waals surface area contributed by atoms with Gasteiger partial charge in [0.2, 0.25) is 5.91 Å². The number of aliphatic hydroxyl groups excluding tert-OH is 1. The number of benzene rings is 1. The maximum Gasteiger partial charge on any atom is 0.248 e. The van der Waals surface area contributed by atoms with E-state index in [0.717, 1.165) is 31.2 Å². The van der Waals surface area contributed by atoms with Gasteiger partial charge in [-0.2, -0.15) is 0 Å². The van der Waals surface area contributed by atoms with Crippen molar-refractivity contribution in [1.82, 2.24) is 0 Å². The van der Waals surface area contributed by atoms with Crippen molar-refractivity contribution in [2.45, 2.75) is 38.4 Å². The van der Waals surface area contributed by atoms with Gasteiger partial charge in [-0.1, -0.05) is 12.1 Å². The van der Waals surface area contributed by atoms with Crippen LogP contribution < -0.4 is 5.73 Å². The van der Waals surface area contributed by atoms with Crippen LogP contribution in [0.5, 0.6) is 0 Å². The molecule has 0 heterocycles. The van der Waals surface area contributed by atoms with Crippen LogP contribution in [0.3, 0.4) is 0 Å². The lowest BCUT2D eigenvalue weighted by molar-refractivity contribution is 0.00119. The number of carbonyl (C=O) groups is 1. The van der Waals surface area contributed by atoms with Crippen LogP contribution in [0, 0.1) is 5.92 Å². The Bertz CT molecular complexity index is 425. The van der Waals surface area contributed by atoms with Crippen molar-refractivity contribution in [3.05, 3.63) is 35.4 Å². The van der Waals surface area contributed by atoms with Crippen molar-refractivity contribution in [1.29, 1.82) is 0 Å². The van der Waals surface area contributed by atoms with Gasteiger partial charge in [0.15, 0.2) is 0 Å². The zero-order chi connectivity index (χ0) is 13.7. The first kappa shape index (κ1) is 14.0. The molecule has 104 valence electrons. The van der Waals surface area contributed by atoms with Gasteiger partial charge in [0.05, 0.1) is 12.7 Å². The maximum absolute atomic E-state index is 11.1. The molecule has 1 aromatic rings. The predicted molar refractivity (Wildman–Crippen MR) is 72.6 cm³/mol. The lowest BCUT2D eigenvalue weighted by Crippen LogP contribution is -2.23. The normalized spacial score (nSPS) is 23.2. The van der Waals surface area contributed by atoms with E-state index in [0.29, 0.717) is 18.1 Å². The smallest absolute Gasteiger partial charge is 0.248 e. The third-order valence-electron chi connectivity index (χ3n) is 3.75. The molecule has 2 rings (SSSR count). The highest BCUT2D eigenvalue weighted by molar-refractivity contribution is 5.92. The van der Waals surface area contributed by atoms with E-state index in [1.54, 1.807) is 12.1 Å². The number of rotatable bonds is 5. The average Bonchev–Trinajstić information content (AvgIpc) is 2.46. The Kier molecular flexibility index (Phi) is 4.93. The molecule has 19 heavy (non-hydrogen) atoms. The summed E-state index contributed by atoms with van der Waals surface area (Å²) in [5, 5.41) is 9.08. The molecule has 0 atom stereocenters. The van der Waals surface area contributed by atoms with E-state index in [4.69, 9.17) is 15.6 Å². The molecule has 1 fully saturated rings. The molecule has 0 aliphatic heterocycles. The Balaban J connectivity index is 1.82. The number of carbonyl (C=O) groups excluding carboxylic acids is 1. The summed E-state index contributed by atoms with van der Waals surface area (Å²) in [6.07, 6.45) is 4.33. The molecule has 1 amide bonds. The molecule has 1 aromatic carbocycles. The highest BCUT2D eigenvalue weighted by Gasteiger charge is 2.20. The van der Waals surface area contributed by atoms with E-state index in [-0.39, 0.29) is 12.7 Å². The quantitative estimate of drug-likeness (QED) is 0.851. The Labute approximate surface area is 113 Å². The second-order valence-corrected chi connectivity index (χ2v) is 5.20. The SMILES string of the molecule is NC(=O)c1cccc(COC2CCC(CO)CC2)c1. The van der Waals surface area contributed by atoms with Crippen molar-refractivity contribution in [2.75, 3.05) is 6.61 Å². The molecular weight excluding hydrogens is 242 g/mol. The lowest BCUT2D eigenvalue weighted by atomic mass is 9.88.